The second-order valence-corrected chi connectivity index (χ2v) is 4.96. The predicted molar refractivity (Wildman–Crippen MR) is 99.0 cm³/mol. The van der Waals surface area contributed by atoms with E-state index >= 15 is 0 Å². The first-order valence-corrected chi connectivity index (χ1v) is 6.85. The number of carbonyl (C=O) groups excluding carboxylic acids is 1. The Balaban J connectivity index is -0.000000152. The normalized spacial score (nSPS) is 9.52. The number of rotatable bonds is 2. The van der Waals surface area contributed by atoms with E-state index in [0.717, 1.165) is 0 Å². The van der Waals surface area contributed by atoms with Gasteiger partial charge >= 0.3 is 23.1 Å². The third kappa shape index (κ3) is 11.5. The van der Waals surface area contributed by atoms with Gasteiger partial charge in [-0.1, -0.05) is 30.6 Å². The van der Waals surface area contributed by atoms with Crippen molar-refractivity contribution in [1.29, 1.82) is 0 Å². The number of aldehydes is 1. The summed E-state index contributed by atoms with van der Waals surface area (Å²) in [5.74, 6) is 0. The minimum atomic E-state index is -0.667. The van der Waals surface area contributed by atoms with Crippen molar-refractivity contribution in [3.63, 3.8) is 0 Å². The summed E-state index contributed by atoms with van der Waals surface area (Å²) in [5.41, 5.74) is 0.724. The molecule has 136 valence electrons. The molecule has 1 N–H and O–H groups in total. The minimum absolute atomic E-state index is 0. The van der Waals surface area contributed by atoms with E-state index in [1.165, 1.54) is 12.4 Å². The van der Waals surface area contributed by atoms with Gasteiger partial charge in [-0.3, -0.25) is 4.79 Å². The van der Waals surface area contributed by atoms with Gasteiger partial charge in [0.05, 0.1) is 11.7 Å². The molecule has 0 aliphatic heterocycles. The molecule has 0 aliphatic rings. The number of aromatic nitrogens is 4. The molecule has 0 bridgehead atoms. The van der Waals surface area contributed by atoms with E-state index in [-0.39, 0.29) is 81.3 Å². The van der Waals surface area contributed by atoms with Gasteiger partial charge in [0.1, 0.15) is 10.3 Å². The summed E-state index contributed by atoms with van der Waals surface area (Å²) in [6.07, 6.45) is 2.57. The number of hydrogen-bond donors (Lipinski definition) is 1. The van der Waals surface area contributed by atoms with Crippen molar-refractivity contribution in [3.05, 3.63) is 51.8 Å². The number of aliphatic hydroxyl groups is 1. The van der Waals surface area contributed by atoms with Crippen LogP contribution in [0.3, 0.4) is 0 Å². The fourth-order valence-electron chi connectivity index (χ4n) is 1.06. The van der Waals surface area contributed by atoms with Crippen LogP contribution in [0.25, 0.3) is 0 Å². The van der Waals surface area contributed by atoms with E-state index in [0.29, 0.717) is 11.8 Å². The van der Waals surface area contributed by atoms with Crippen LogP contribution in [0.15, 0.2) is 12.4 Å². The van der Waals surface area contributed by atoms with Gasteiger partial charge in [-0.2, -0.15) is 0 Å². The van der Waals surface area contributed by atoms with Crippen LogP contribution in [0.5, 0.6) is 0 Å². The van der Waals surface area contributed by atoms with E-state index in [2.05, 4.69) is 19.9 Å². The molecule has 0 radical (unpaired) electrons. The van der Waals surface area contributed by atoms with Crippen LogP contribution in [0.1, 0.15) is 36.4 Å². The summed E-state index contributed by atoms with van der Waals surface area (Å²) < 4.78 is 0. The second kappa shape index (κ2) is 16.4. The van der Waals surface area contributed by atoms with Crippen LogP contribution in [-0.2, 0) is 0 Å². The monoisotopic (exact) mass is 502 g/mol. The van der Waals surface area contributed by atoms with Gasteiger partial charge in [0.2, 0.25) is 10.6 Å². The van der Waals surface area contributed by atoms with Gasteiger partial charge in [-0.25, -0.2) is 19.9 Å². The Hall–Kier alpha value is 0.196. The molecule has 0 spiro atoms. The summed E-state index contributed by atoms with van der Waals surface area (Å²) in [7, 11) is 0. The first-order chi connectivity index (χ1) is 9.85. The number of halogens is 5. The van der Waals surface area contributed by atoms with Crippen molar-refractivity contribution in [1.82, 2.24) is 19.9 Å². The molecule has 0 saturated heterocycles. The molecule has 1 unspecified atom stereocenters. The number of aliphatic hydroxyl groups excluding tert-OH is 1. The summed E-state index contributed by atoms with van der Waals surface area (Å²) in [4.78, 5) is 24.5. The molecule has 2 heterocycles. The zero-order valence-corrected chi connectivity index (χ0v) is 18.6. The number of carbonyl (C=O) groups is 1. The quantitative estimate of drug-likeness (QED) is 0.217. The van der Waals surface area contributed by atoms with Crippen molar-refractivity contribution in [2.45, 2.75) is 20.5 Å². The van der Waals surface area contributed by atoms with E-state index in [9.17, 15) is 4.79 Å². The molecular formula is C13H15BrCl4MgN4O2. The van der Waals surface area contributed by atoms with E-state index < -0.39 is 6.10 Å². The molecular weight excluding hydrogens is 490 g/mol. The van der Waals surface area contributed by atoms with Crippen LogP contribution in [-0.4, -0.2) is 54.4 Å². The fourth-order valence-corrected chi connectivity index (χ4v) is 1.87. The molecule has 0 aromatic carbocycles. The standard InChI is InChI=1S/C6H6Cl2N2O.C5H2Cl2N2O.CH4.CH3.BrH.Mg/c1-3(11)4-2-9-6(8)10-5(4)7;6-4-3(2-10)1-8-5(7)9-4;;;;/h2-3,11H,1H3;1-2H;1H4;1H3;1H;/q;;;-1;;+2/p-1. The van der Waals surface area contributed by atoms with Crippen molar-refractivity contribution < 1.29 is 26.9 Å². The van der Waals surface area contributed by atoms with E-state index in [1.54, 1.807) is 6.92 Å². The smallest absolute Gasteiger partial charge is 1.00 e. The van der Waals surface area contributed by atoms with Crippen molar-refractivity contribution >= 4 is 75.7 Å². The molecule has 2 rings (SSSR count). The average Bonchev–Trinajstić information content (AvgIpc) is 2.39. The molecule has 1 atom stereocenters. The summed E-state index contributed by atoms with van der Waals surface area (Å²) in [6, 6.07) is 0. The maximum absolute atomic E-state index is 10.1. The van der Waals surface area contributed by atoms with Crippen molar-refractivity contribution in [3.8, 4) is 0 Å². The van der Waals surface area contributed by atoms with E-state index in [1.807, 2.05) is 0 Å². The van der Waals surface area contributed by atoms with Crippen LogP contribution >= 0.6 is 46.4 Å². The van der Waals surface area contributed by atoms with Gasteiger partial charge in [0, 0.05) is 18.0 Å². The Bertz CT molecular complexity index is 653. The van der Waals surface area contributed by atoms with Gasteiger partial charge in [0.25, 0.3) is 0 Å². The van der Waals surface area contributed by atoms with Crippen LogP contribution in [0, 0.1) is 7.43 Å². The maximum Gasteiger partial charge on any atom is 2.00 e. The van der Waals surface area contributed by atoms with Gasteiger partial charge in [-0.15, -0.1) is 0 Å². The Morgan fingerprint density at radius 1 is 1.04 bits per heavy atom. The first-order valence-electron chi connectivity index (χ1n) is 5.34. The second-order valence-electron chi connectivity index (χ2n) is 3.56. The third-order valence-corrected chi connectivity index (χ3v) is 3.02. The zero-order valence-electron chi connectivity index (χ0n) is 12.6. The summed E-state index contributed by atoms with van der Waals surface area (Å²) in [5, 5.41) is 9.48. The molecule has 2 aromatic heterocycles. The Kier molecular flexibility index (Phi) is 21.5. The molecule has 0 aliphatic carbocycles. The Morgan fingerprint density at radius 3 is 1.84 bits per heavy atom. The zero-order chi connectivity index (χ0) is 16.0. The molecule has 0 saturated carbocycles. The first kappa shape index (κ1) is 32.8. The Morgan fingerprint density at radius 2 is 1.48 bits per heavy atom. The topological polar surface area (TPSA) is 88.9 Å². The third-order valence-electron chi connectivity index (χ3n) is 2.05. The minimum Gasteiger partial charge on any atom is -1.00 e. The van der Waals surface area contributed by atoms with Crippen LogP contribution in [0.2, 0.25) is 20.9 Å². The van der Waals surface area contributed by atoms with Crippen LogP contribution in [0.4, 0.5) is 0 Å². The molecule has 2 aromatic rings. The molecule has 0 fully saturated rings. The SMILES string of the molecule is C.CC(O)c1cnc(Cl)nc1Cl.O=Cc1cnc(Cl)nc1Cl.[Br-].[CH3-].[Mg+2]. The van der Waals surface area contributed by atoms with Gasteiger partial charge in [-0.05, 0) is 30.1 Å². The molecule has 0 amide bonds. The Labute approximate surface area is 193 Å². The fraction of sp³-hybridized carbons (Fsp3) is 0.231. The summed E-state index contributed by atoms with van der Waals surface area (Å²) in [6.45, 7) is 1.58. The van der Waals surface area contributed by atoms with Crippen molar-refractivity contribution in [2.75, 3.05) is 0 Å². The number of hydrogen-bond acceptors (Lipinski definition) is 6. The largest absolute Gasteiger partial charge is 2.00 e. The molecule has 25 heavy (non-hydrogen) atoms. The van der Waals surface area contributed by atoms with Gasteiger partial charge < -0.3 is 29.5 Å². The van der Waals surface area contributed by atoms with Gasteiger partial charge in [0.15, 0.2) is 6.29 Å². The summed E-state index contributed by atoms with van der Waals surface area (Å²) >= 11 is 21.9. The van der Waals surface area contributed by atoms with E-state index in [4.69, 9.17) is 51.5 Å². The molecule has 6 nitrogen and oxygen atoms in total. The predicted octanol–water partition coefficient (Wildman–Crippen LogP) is 1.14. The molecule has 12 heteroatoms. The number of nitrogens with zero attached hydrogens (tertiary/aromatic N) is 4. The van der Waals surface area contributed by atoms with Crippen LogP contribution < -0.4 is 17.0 Å². The van der Waals surface area contributed by atoms with Crippen molar-refractivity contribution in [2.24, 2.45) is 0 Å². The average molecular weight is 505 g/mol. The maximum atomic E-state index is 10.1.